The molecule has 1 saturated heterocycles. The van der Waals surface area contributed by atoms with Crippen LogP contribution < -0.4 is 5.32 Å². The average Bonchev–Trinajstić information content (AvgIpc) is 3.16. The number of likely N-dealkylation sites (tertiary alicyclic amines) is 1. The van der Waals surface area contributed by atoms with Crippen molar-refractivity contribution >= 4 is 11.6 Å². The molecule has 26 heavy (non-hydrogen) atoms. The number of nitrogens with zero attached hydrogens (tertiary/aromatic N) is 6. The summed E-state index contributed by atoms with van der Waals surface area (Å²) in [4.78, 5) is 27.6. The lowest BCUT2D eigenvalue weighted by molar-refractivity contribution is 0.134. The number of anilines is 2. The smallest absolute Gasteiger partial charge is 0.150 e. The molecule has 0 bridgehead atoms. The Morgan fingerprint density at radius 3 is 2.92 bits per heavy atom. The van der Waals surface area contributed by atoms with E-state index in [0.717, 1.165) is 42.7 Å². The Morgan fingerprint density at radius 2 is 2.12 bits per heavy atom. The minimum absolute atomic E-state index is 0.262. The zero-order chi connectivity index (χ0) is 17.8. The lowest BCUT2D eigenvalue weighted by Gasteiger charge is -2.34. The van der Waals surface area contributed by atoms with Gasteiger partial charge >= 0.3 is 0 Å². The molecule has 1 aliphatic rings. The number of aromatic nitrogens is 6. The largest absolute Gasteiger partial charge is 0.348 e. The van der Waals surface area contributed by atoms with Crippen molar-refractivity contribution in [1.29, 1.82) is 0 Å². The molecule has 1 aliphatic heterocycles. The van der Waals surface area contributed by atoms with Gasteiger partial charge in [0.05, 0.1) is 24.5 Å². The summed E-state index contributed by atoms with van der Waals surface area (Å²) in [5, 5.41) is 3.22. The number of aromatic amines is 1. The molecule has 0 spiro atoms. The number of hydrogen-bond donors (Lipinski definition) is 2. The Labute approximate surface area is 152 Å². The first-order valence-corrected chi connectivity index (χ1v) is 8.89. The summed E-state index contributed by atoms with van der Waals surface area (Å²) in [6.45, 7) is 3.76. The third-order valence-electron chi connectivity index (χ3n) is 4.54. The van der Waals surface area contributed by atoms with Crippen LogP contribution in [0.15, 0.2) is 37.1 Å². The van der Waals surface area contributed by atoms with E-state index in [4.69, 9.17) is 4.98 Å². The SMILES string of the molecule is Cc1nc(Nc2cnccn2)cc([C@@H]2CCCCN2Cc2ncc[nH]2)n1. The van der Waals surface area contributed by atoms with Gasteiger partial charge in [-0.25, -0.2) is 19.9 Å². The number of nitrogens with one attached hydrogen (secondary N) is 2. The molecule has 0 unspecified atom stereocenters. The van der Waals surface area contributed by atoms with Crippen LogP contribution in [0, 0.1) is 6.92 Å². The second-order valence-electron chi connectivity index (χ2n) is 6.46. The van der Waals surface area contributed by atoms with Gasteiger partial charge in [-0.1, -0.05) is 6.42 Å². The highest BCUT2D eigenvalue weighted by Crippen LogP contribution is 2.31. The van der Waals surface area contributed by atoms with Gasteiger partial charge in [-0.05, 0) is 26.3 Å². The zero-order valence-corrected chi connectivity index (χ0v) is 14.8. The van der Waals surface area contributed by atoms with Crippen molar-refractivity contribution in [3.63, 3.8) is 0 Å². The van der Waals surface area contributed by atoms with Gasteiger partial charge in [0.25, 0.3) is 0 Å². The Balaban J connectivity index is 1.58. The van der Waals surface area contributed by atoms with E-state index in [2.05, 4.69) is 35.1 Å². The molecule has 0 radical (unpaired) electrons. The Kier molecular flexibility index (Phi) is 4.83. The molecule has 0 saturated carbocycles. The molecule has 8 nitrogen and oxygen atoms in total. The quantitative estimate of drug-likeness (QED) is 0.730. The summed E-state index contributed by atoms with van der Waals surface area (Å²) in [5.41, 5.74) is 1.04. The van der Waals surface area contributed by atoms with Gasteiger partial charge in [-0.3, -0.25) is 9.88 Å². The fourth-order valence-electron chi connectivity index (χ4n) is 3.41. The Bertz CT molecular complexity index is 834. The van der Waals surface area contributed by atoms with Crippen molar-refractivity contribution in [1.82, 2.24) is 34.8 Å². The molecule has 0 amide bonds. The Hall–Kier alpha value is -2.87. The van der Waals surface area contributed by atoms with Crippen molar-refractivity contribution in [2.75, 3.05) is 11.9 Å². The first kappa shape index (κ1) is 16.6. The van der Waals surface area contributed by atoms with E-state index < -0.39 is 0 Å². The summed E-state index contributed by atoms with van der Waals surface area (Å²) in [6.07, 6.45) is 12.1. The van der Waals surface area contributed by atoms with Gasteiger partial charge in [-0.15, -0.1) is 0 Å². The van der Waals surface area contributed by atoms with Crippen LogP contribution in [0.3, 0.4) is 0 Å². The van der Waals surface area contributed by atoms with Gasteiger partial charge in [0.1, 0.15) is 23.3 Å². The van der Waals surface area contributed by atoms with Crippen LogP contribution in [-0.2, 0) is 6.54 Å². The van der Waals surface area contributed by atoms with Crippen LogP contribution >= 0.6 is 0 Å². The van der Waals surface area contributed by atoms with E-state index in [1.165, 1.54) is 12.8 Å². The molecule has 8 heteroatoms. The molecule has 0 aromatic carbocycles. The molecule has 0 aliphatic carbocycles. The second-order valence-corrected chi connectivity index (χ2v) is 6.46. The van der Waals surface area contributed by atoms with E-state index in [1.807, 2.05) is 19.2 Å². The maximum absolute atomic E-state index is 4.72. The van der Waals surface area contributed by atoms with Crippen LogP contribution in [0.4, 0.5) is 11.6 Å². The standard InChI is InChI=1S/C18H22N8/c1-13-23-14(10-16(24-13)25-17-11-19-5-6-20-17)15-4-2-3-9-26(15)12-18-21-7-8-22-18/h5-8,10-11,15H,2-4,9,12H2,1H3,(H,21,22)(H,20,23,24,25)/t15-/m0/s1. The number of imidazole rings is 1. The van der Waals surface area contributed by atoms with Gasteiger partial charge in [0.15, 0.2) is 0 Å². The first-order valence-electron chi connectivity index (χ1n) is 8.89. The molecule has 1 atom stereocenters. The molecule has 4 heterocycles. The number of aryl methyl sites for hydroxylation is 1. The second kappa shape index (κ2) is 7.57. The molecule has 1 fully saturated rings. The monoisotopic (exact) mass is 350 g/mol. The topological polar surface area (TPSA) is 95.5 Å². The highest BCUT2D eigenvalue weighted by molar-refractivity contribution is 5.50. The van der Waals surface area contributed by atoms with Gasteiger partial charge < -0.3 is 10.3 Å². The third-order valence-corrected chi connectivity index (χ3v) is 4.54. The minimum Gasteiger partial charge on any atom is -0.348 e. The van der Waals surface area contributed by atoms with Gasteiger partial charge in [0.2, 0.25) is 0 Å². The number of H-pyrrole nitrogens is 1. The van der Waals surface area contributed by atoms with E-state index >= 15 is 0 Å². The molecule has 2 N–H and O–H groups in total. The van der Waals surface area contributed by atoms with Crippen LogP contribution in [0.2, 0.25) is 0 Å². The predicted octanol–water partition coefficient (Wildman–Crippen LogP) is 2.77. The van der Waals surface area contributed by atoms with E-state index in [9.17, 15) is 0 Å². The molecular weight excluding hydrogens is 328 g/mol. The molecule has 3 aromatic rings. The van der Waals surface area contributed by atoms with Crippen molar-refractivity contribution in [3.8, 4) is 0 Å². The maximum atomic E-state index is 4.72. The molecular formula is C18H22N8. The summed E-state index contributed by atoms with van der Waals surface area (Å²) in [6, 6.07) is 2.28. The molecule has 3 aromatic heterocycles. The zero-order valence-electron chi connectivity index (χ0n) is 14.8. The predicted molar refractivity (Wildman–Crippen MR) is 97.7 cm³/mol. The van der Waals surface area contributed by atoms with Crippen LogP contribution in [0.25, 0.3) is 0 Å². The fourth-order valence-corrected chi connectivity index (χ4v) is 3.41. The summed E-state index contributed by atoms with van der Waals surface area (Å²) >= 11 is 0. The van der Waals surface area contributed by atoms with E-state index in [1.54, 1.807) is 24.8 Å². The summed E-state index contributed by atoms with van der Waals surface area (Å²) < 4.78 is 0. The van der Waals surface area contributed by atoms with E-state index in [-0.39, 0.29) is 6.04 Å². The number of rotatable bonds is 5. The number of hydrogen-bond acceptors (Lipinski definition) is 7. The van der Waals surface area contributed by atoms with Gasteiger partial charge in [-0.2, -0.15) is 0 Å². The van der Waals surface area contributed by atoms with Gasteiger partial charge in [0, 0.05) is 30.9 Å². The summed E-state index contributed by atoms with van der Waals surface area (Å²) in [7, 11) is 0. The lowest BCUT2D eigenvalue weighted by atomic mass is 9.99. The van der Waals surface area contributed by atoms with Crippen molar-refractivity contribution < 1.29 is 0 Å². The average molecular weight is 350 g/mol. The maximum Gasteiger partial charge on any atom is 0.150 e. The number of piperidine rings is 1. The first-order chi connectivity index (χ1) is 12.8. The lowest BCUT2D eigenvalue weighted by Crippen LogP contribution is -2.34. The van der Waals surface area contributed by atoms with Crippen molar-refractivity contribution in [2.24, 2.45) is 0 Å². The van der Waals surface area contributed by atoms with E-state index in [0.29, 0.717) is 5.82 Å². The molecule has 4 rings (SSSR count). The minimum atomic E-state index is 0.262. The van der Waals surface area contributed by atoms with Crippen LogP contribution in [0.1, 0.15) is 42.6 Å². The Morgan fingerprint density at radius 1 is 1.15 bits per heavy atom. The summed E-state index contributed by atoms with van der Waals surface area (Å²) in [5.74, 6) is 3.15. The van der Waals surface area contributed by atoms with Crippen molar-refractivity contribution in [3.05, 3.63) is 54.4 Å². The highest BCUT2D eigenvalue weighted by Gasteiger charge is 2.26. The van der Waals surface area contributed by atoms with Crippen molar-refractivity contribution in [2.45, 2.75) is 38.8 Å². The third kappa shape index (κ3) is 3.85. The molecule has 134 valence electrons. The normalized spacial score (nSPS) is 18.0. The van der Waals surface area contributed by atoms with Crippen LogP contribution in [0.5, 0.6) is 0 Å². The fraction of sp³-hybridized carbons (Fsp3) is 0.389. The van der Waals surface area contributed by atoms with Crippen LogP contribution in [-0.4, -0.2) is 41.3 Å². The highest BCUT2D eigenvalue weighted by atomic mass is 15.2.